The van der Waals surface area contributed by atoms with Crippen molar-refractivity contribution in [2.75, 3.05) is 4.90 Å². The van der Waals surface area contributed by atoms with E-state index < -0.39 is 0 Å². The van der Waals surface area contributed by atoms with Gasteiger partial charge in [0, 0.05) is 39.9 Å². The molecule has 180 valence electrons. The summed E-state index contributed by atoms with van der Waals surface area (Å²) in [6.45, 7) is 3.83. The third-order valence-electron chi connectivity index (χ3n) is 6.71. The zero-order chi connectivity index (χ0) is 24.7. The second-order valence-corrected chi connectivity index (χ2v) is 9.49. The maximum atomic E-state index is 13.8. The summed E-state index contributed by atoms with van der Waals surface area (Å²) in [5.74, 6) is 0.0568. The topological polar surface area (TPSA) is 74.9 Å². The monoisotopic (exact) mass is 493 g/mol. The van der Waals surface area contributed by atoms with Crippen LogP contribution in [0.2, 0.25) is 5.02 Å². The smallest absolute Gasteiger partial charge is 0.294 e. The first kappa shape index (κ1) is 23.3. The van der Waals surface area contributed by atoms with Crippen LogP contribution in [0.4, 0.5) is 10.1 Å². The lowest BCUT2D eigenvalue weighted by molar-refractivity contribution is 0.0941. The van der Waals surface area contributed by atoms with E-state index in [0.717, 1.165) is 30.4 Å². The number of aryl methyl sites for hydroxylation is 2. The zero-order valence-corrected chi connectivity index (χ0v) is 20.3. The Kier molecular flexibility index (Phi) is 6.19. The van der Waals surface area contributed by atoms with Gasteiger partial charge in [-0.2, -0.15) is 5.10 Å². The number of rotatable bonds is 3. The van der Waals surface area contributed by atoms with Crippen molar-refractivity contribution in [2.24, 2.45) is 5.10 Å². The maximum absolute atomic E-state index is 13.8. The number of nitrogens with one attached hydrogen (secondary N) is 1. The van der Waals surface area contributed by atoms with Crippen molar-refractivity contribution in [3.63, 3.8) is 0 Å². The molecule has 35 heavy (non-hydrogen) atoms. The first-order valence-corrected chi connectivity index (χ1v) is 12.1. The molecule has 0 radical (unpaired) electrons. The van der Waals surface area contributed by atoms with Crippen LogP contribution in [-0.4, -0.2) is 23.6 Å². The van der Waals surface area contributed by atoms with Crippen LogP contribution < -0.4 is 10.3 Å². The Labute approximate surface area is 207 Å². The Morgan fingerprint density at radius 3 is 2.69 bits per heavy atom. The lowest BCUT2D eigenvalue weighted by atomic mass is 9.92. The number of hydrogen-bond donors (Lipinski definition) is 1. The minimum Gasteiger partial charge on any atom is -0.455 e. The first-order chi connectivity index (χ1) is 16.8. The molecule has 8 heteroatoms. The highest BCUT2D eigenvalue weighted by molar-refractivity contribution is 6.30. The van der Waals surface area contributed by atoms with Gasteiger partial charge in [-0.15, -0.1) is 0 Å². The van der Waals surface area contributed by atoms with Gasteiger partial charge in [0.2, 0.25) is 0 Å². The van der Waals surface area contributed by atoms with Crippen LogP contribution in [0.25, 0.3) is 0 Å². The average molecular weight is 494 g/mol. The fourth-order valence-electron chi connectivity index (χ4n) is 4.91. The van der Waals surface area contributed by atoms with Crippen LogP contribution >= 0.6 is 11.6 Å². The molecule has 1 atom stereocenters. The van der Waals surface area contributed by atoms with E-state index >= 15 is 0 Å². The molecule has 5 rings (SSSR count). The third-order valence-corrected chi connectivity index (χ3v) is 6.96. The molecular formula is C27H25ClFN3O3. The van der Waals surface area contributed by atoms with Crippen molar-refractivity contribution < 1.29 is 18.4 Å². The van der Waals surface area contributed by atoms with Crippen LogP contribution in [-0.2, 0) is 12.8 Å². The molecule has 0 spiro atoms. The number of halogens is 2. The van der Waals surface area contributed by atoms with Crippen LogP contribution in [0, 0.1) is 12.7 Å². The number of amides is 2. The molecule has 2 aliphatic rings. The Morgan fingerprint density at radius 1 is 1.14 bits per heavy atom. The van der Waals surface area contributed by atoms with E-state index in [9.17, 15) is 14.0 Å². The molecule has 6 nitrogen and oxygen atoms in total. The Balaban J connectivity index is 1.45. The number of carbonyl (C=O) groups is 2. The van der Waals surface area contributed by atoms with E-state index in [0.29, 0.717) is 46.2 Å². The van der Waals surface area contributed by atoms with Gasteiger partial charge in [-0.25, -0.2) is 9.82 Å². The molecule has 0 bridgehead atoms. The molecule has 0 saturated carbocycles. The predicted octanol–water partition coefficient (Wildman–Crippen LogP) is 5.83. The van der Waals surface area contributed by atoms with Gasteiger partial charge in [-0.05, 0) is 87.6 Å². The standard InChI is InChI=1S/C27H25ClFN3O3/c1-15-6-7-18-14-20(29)12-13-22(18)32(15)27(34)25-16(2)24-21(4-3-5-23(24)35-25)30-31-26(33)17-8-10-19(28)11-9-17/h8-15H,3-7H2,1-2H3,(H,31,33)/b30-21+. The highest BCUT2D eigenvalue weighted by Gasteiger charge is 2.35. The van der Waals surface area contributed by atoms with Gasteiger partial charge in [0.1, 0.15) is 11.6 Å². The fraction of sp³-hybridized carbons (Fsp3) is 0.296. The van der Waals surface area contributed by atoms with E-state index in [1.54, 1.807) is 35.2 Å². The van der Waals surface area contributed by atoms with E-state index in [1.165, 1.54) is 12.1 Å². The van der Waals surface area contributed by atoms with Crippen molar-refractivity contribution in [1.82, 2.24) is 5.43 Å². The largest absolute Gasteiger partial charge is 0.455 e. The summed E-state index contributed by atoms with van der Waals surface area (Å²) in [5.41, 5.74) is 6.76. The zero-order valence-electron chi connectivity index (χ0n) is 19.5. The number of nitrogens with zero attached hydrogens (tertiary/aromatic N) is 2. The summed E-state index contributed by atoms with van der Waals surface area (Å²) in [6.07, 6.45) is 3.60. The summed E-state index contributed by atoms with van der Waals surface area (Å²) in [6, 6.07) is 11.1. The Bertz CT molecular complexity index is 1350. The minimum atomic E-state index is -0.343. The van der Waals surface area contributed by atoms with Crippen LogP contribution in [0.3, 0.4) is 0 Å². The number of furan rings is 1. The van der Waals surface area contributed by atoms with Crippen LogP contribution in [0.15, 0.2) is 52.0 Å². The third kappa shape index (κ3) is 4.36. The van der Waals surface area contributed by atoms with Gasteiger partial charge in [0.15, 0.2) is 5.76 Å². The summed E-state index contributed by atoms with van der Waals surface area (Å²) in [4.78, 5) is 27.9. The van der Waals surface area contributed by atoms with Crippen molar-refractivity contribution >= 4 is 34.8 Å². The molecule has 3 aromatic rings. The summed E-state index contributed by atoms with van der Waals surface area (Å²) >= 11 is 5.90. The molecule has 2 amide bonds. The van der Waals surface area contributed by atoms with Crippen molar-refractivity contribution in [3.8, 4) is 0 Å². The maximum Gasteiger partial charge on any atom is 0.294 e. The van der Waals surface area contributed by atoms with Gasteiger partial charge >= 0.3 is 0 Å². The summed E-state index contributed by atoms with van der Waals surface area (Å²) in [5, 5.41) is 4.94. The Morgan fingerprint density at radius 2 is 1.91 bits per heavy atom. The molecule has 1 aromatic heterocycles. The van der Waals surface area contributed by atoms with Crippen molar-refractivity contribution in [2.45, 2.75) is 52.0 Å². The number of fused-ring (bicyclic) bond motifs is 2. The lowest BCUT2D eigenvalue weighted by Gasteiger charge is -2.34. The molecule has 0 fully saturated rings. The van der Waals surface area contributed by atoms with Crippen LogP contribution in [0.5, 0.6) is 0 Å². The quantitative estimate of drug-likeness (QED) is 0.466. The van der Waals surface area contributed by atoms with Gasteiger partial charge in [-0.3, -0.25) is 9.59 Å². The number of anilines is 1. The van der Waals surface area contributed by atoms with Gasteiger partial charge in [0.05, 0.1) is 5.71 Å². The van der Waals surface area contributed by atoms with Crippen LogP contribution in [0.1, 0.15) is 69.5 Å². The molecule has 2 heterocycles. The van der Waals surface area contributed by atoms with E-state index in [2.05, 4.69) is 10.5 Å². The van der Waals surface area contributed by atoms with Gasteiger partial charge in [0.25, 0.3) is 11.8 Å². The molecular weight excluding hydrogens is 469 g/mol. The second-order valence-electron chi connectivity index (χ2n) is 9.05. The number of hydrazone groups is 1. The Hall–Kier alpha value is -3.45. The van der Waals surface area contributed by atoms with Crippen molar-refractivity contribution in [1.29, 1.82) is 0 Å². The molecule has 2 aromatic carbocycles. The molecule has 1 aliphatic carbocycles. The van der Waals surface area contributed by atoms with E-state index in [4.69, 9.17) is 16.0 Å². The number of carbonyl (C=O) groups excluding carboxylic acids is 2. The molecule has 0 saturated heterocycles. The first-order valence-electron chi connectivity index (χ1n) is 11.7. The highest BCUT2D eigenvalue weighted by Crippen LogP contribution is 2.36. The second kappa shape index (κ2) is 9.30. The predicted molar refractivity (Wildman–Crippen MR) is 133 cm³/mol. The van der Waals surface area contributed by atoms with E-state index in [-0.39, 0.29) is 29.4 Å². The highest BCUT2D eigenvalue weighted by atomic mass is 35.5. The molecule has 1 aliphatic heterocycles. The molecule has 1 N–H and O–H groups in total. The van der Waals surface area contributed by atoms with Gasteiger partial charge in [-0.1, -0.05) is 11.6 Å². The van der Waals surface area contributed by atoms with Gasteiger partial charge < -0.3 is 9.32 Å². The summed E-state index contributed by atoms with van der Waals surface area (Å²) in [7, 11) is 0. The average Bonchev–Trinajstić information content (AvgIpc) is 3.19. The minimum absolute atomic E-state index is 0.0474. The molecule has 1 unspecified atom stereocenters. The summed E-state index contributed by atoms with van der Waals surface area (Å²) < 4.78 is 19.9. The SMILES string of the molecule is Cc1c(C(=O)N2c3ccc(F)cc3CCC2C)oc2c1/C(=N/NC(=O)c1ccc(Cl)cc1)CCC2. The van der Waals surface area contributed by atoms with E-state index in [1.807, 2.05) is 13.8 Å². The fourth-order valence-corrected chi connectivity index (χ4v) is 5.03. The number of hydrogen-bond acceptors (Lipinski definition) is 4. The number of benzene rings is 2. The van der Waals surface area contributed by atoms with Crippen molar-refractivity contribution in [3.05, 3.63) is 87.1 Å². The normalized spacial score (nSPS) is 18.2. The lowest BCUT2D eigenvalue weighted by Crippen LogP contribution is -2.42.